The van der Waals surface area contributed by atoms with Crippen molar-refractivity contribution in [2.24, 2.45) is 11.7 Å². The fourth-order valence-corrected chi connectivity index (χ4v) is 1.44. The van der Waals surface area contributed by atoms with Gasteiger partial charge in [0.05, 0.1) is 12.2 Å². The van der Waals surface area contributed by atoms with Crippen LogP contribution >= 0.6 is 0 Å². The molecule has 0 aromatic carbocycles. The van der Waals surface area contributed by atoms with Crippen LogP contribution in [0.1, 0.15) is 20.3 Å². The summed E-state index contributed by atoms with van der Waals surface area (Å²) < 4.78 is 5.48. The molecule has 0 radical (unpaired) electrons. The van der Waals surface area contributed by atoms with E-state index in [2.05, 4.69) is 13.8 Å². The minimum Gasteiger partial charge on any atom is -0.375 e. The number of nitrogens with two attached hydrogens (primary N) is 1. The molecule has 1 fully saturated rings. The number of hydrogen-bond donors (Lipinski definition) is 1. The molecule has 0 amide bonds. The summed E-state index contributed by atoms with van der Waals surface area (Å²) in [6.07, 6.45) is 1.94. The molecule has 54 valence electrons. The van der Waals surface area contributed by atoms with Crippen LogP contribution in [-0.2, 0) is 4.74 Å². The Morgan fingerprint density at radius 3 is 2.44 bits per heavy atom. The standard InChI is InChI=1S/C7H15NO/c1-5-3-7(4-8)6(2)9-5/h5-7H,3-4,8H2,1-2H3/t5-,6+,7+/m1/s1. The quantitative estimate of drug-likeness (QED) is 0.567. The van der Waals surface area contributed by atoms with Gasteiger partial charge < -0.3 is 10.5 Å². The Kier molecular flexibility index (Phi) is 2.09. The molecule has 0 aliphatic carbocycles. The van der Waals surface area contributed by atoms with Crippen LogP contribution in [0.2, 0.25) is 0 Å². The lowest BCUT2D eigenvalue weighted by molar-refractivity contribution is 0.0570. The molecule has 1 aliphatic rings. The summed E-state index contributed by atoms with van der Waals surface area (Å²) in [5.41, 5.74) is 5.51. The number of ether oxygens (including phenoxy) is 1. The van der Waals surface area contributed by atoms with Crippen molar-refractivity contribution < 1.29 is 4.74 Å². The van der Waals surface area contributed by atoms with E-state index in [0.29, 0.717) is 18.1 Å². The second-order valence-corrected chi connectivity index (χ2v) is 2.88. The van der Waals surface area contributed by atoms with E-state index in [4.69, 9.17) is 10.5 Å². The zero-order valence-electron chi connectivity index (χ0n) is 6.13. The molecule has 3 atom stereocenters. The van der Waals surface area contributed by atoms with Gasteiger partial charge in [0.15, 0.2) is 0 Å². The van der Waals surface area contributed by atoms with Crippen molar-refractivity contribution in [2.45, 2.75) is 32.5 Å². The first kappa shape index (κ1) is 7.03. The van der Waals surface area contributed by atoms with Gasteiger partial charge in [0, 0.05) is 0 Å². The van der Waals surface area contributed by atoms with Crippen molar-refractivity contribution >= 4 is 0 Å². The van der Waals surface area contributed by atoms with Gasteiger partial charge in [-0.05, 0) is 32.7 Å². The Bertz CT molecular complexity index is 94.9. The molecule has 1 rings (SSSR count). The minimum absolute atomic E-state index is 0.380. The molecule has 2 N–H and O–H groups in total. The van der Waals surface area contributed by atoms with E-state index < -0.39 is 0 Å². The molecule has 0 unspecified atom stereocenters. The SMILES string of the molecule is C[C@@H]1C[C@@H](CN)[C@H](C)O1. The predicted octanol–water partition coefficient (Wildman–Crippen LogP) is 0.759. The predicted molar refractivity (Wildman–Crippen MR) is 37.2 cm³/mol. The van der Waals surface area contributed by atoms with Gasteiger partial charge in [0.1, 0.15) is 0 Å². The van der Waals surface area contributed by atoms with Crippen LogP contribution in [0, 0.1) is 5.92 Å². The lowest BCUT2D eigenvalue weighted by Crippen LogP contribution is -2.20. The van der Waals surface area contributed by atoms with Crippen molar-refractivity contribution in [3.05, 3.63) is 0 Å². The lowest BCUT2D eigenvalue weighted by Gasteiger charge is -2.09. The highest BCUT2D eigenvalue weighted by Crippen LogP contribution is 2.24. The van der Waals surface area contributed by atoms with Gasteiger partial charge in [-0.2, -0.15) is 0 Å². The van der Waals surface area contributed by atoms with Gasteiger partial charge in [-0.15, -0.1) is 0 Å². The lowest BCUT2D eigenvalue weighted by atomic mass is 10.0. The third-order valence-corrected chi connectivity index (χ3v) is 2.05. The fourth-order valence-electron chi connectivity index (χ4n) is 1.44. The normalized spacial score (nSPS) is 43.7. The summed E-state index contributed by atoms with van der Waals surface area (Å²) >= 11 is 0. The van der Waals surface area contributed by atoms with E-state index in [1.165, 1.54) is 0 Å². The molecule has 1 saturated heterocycles. The highest BCUT2D eigenvalue weighted by molar-refractivity contribution is 4.77. The van der Waals surface area contributed by atoms with Crippen molar-refractivity contribution in [3.63, 3.8) is 0 Å². The maximum absolute atomic E-state index is 5.51. The van der Waals surface area contributed by atoms with Gasteiger partial charge in [0.25, 0.3) is 0 Å². The van der Waals surface area contributed by atoms with E-state index in [9.17, 15) is 0 Å². The smallest absolute Gasteiger partial charge is 0.0591 e. The van der Waals surface area contributed by atoms with E-state index >= 15 is 0 Å². The summed E-state index contributed by atoms with van der Waals surface area (Å²) in [6, 6.07) is 0. The summed E-state index contributed by atoms with van der Waals surface area (Å²) in [5, 5.41) is 0. The monoisotopic (exact) mass is 129 g/mol. The first-order valence-corrected chi connectivity index (χ1v) is 3.59. The molecule has 1 heterocycles. The van der Waals surface area contributed by atoms with E-state index in [1.54, 1.807) is 0 Å². The fraction of sp³-hybridized carbons (Fsp3) is 1.00. The minimum atomic E-state index is 0.380. The van der Waals surface area contributed by atoms with Crippen LogP contribution < -0.4 is 5.73 Å². The Morgan fingerprint density at radius 2 is 2.22 bits per heavy atom. The third kappa shape index (κ3) is 1.43. The molecule has 0 bridgehead atoms. The topological polar surface area (TPSA) is 35.2 Å². The van der Waals surface area contributed by atoms with Gasteiger partial charge in [-0.25, -0.2) is 0 Å². The molecule has 1 aliphatic heterocycles. The van der Waals surface area contributed by atoms with Crippen molar-refractivity contribution in [1.29, 1.82) is 0 Å². The molecule has 0 aromatic heterocycles. The first-order chi connectivity index (χ1) is 4.24. The average Bonchev–Trinajstić information content (AvgIpc) is 2.10. The molecule has 0 spiro atoms. The molecular formula is C7H15NO. The van der Waals surface area contributed by atoms with Crippen LogP contribution in [0.25, 0.3) is 0 Å². The van der Waals surface area contributed by atoms with Crippen LogP contribution in [0.4, 0.5) is 0 Å². The summed E-state index contributed by atoms with van der Waals surface area (Å²) in [7, 11) is 0. The van der Waals surface area contributed by atoms with Gasteiger partial charge in [-0.3, -0.25) is 0 Å². The summed E-state index contributed by atoms with van der Waals surface area (Å²) in [5.74, 6) is 0.597. The number of hydrogen-bond acceptors (Lipinski definition) is 2. The zero-order chi connectivity index (χ0) is 6.85. The van der Waals surface area contributed by atoms with Crippen LogP contribution in [0.3, 0.4) is 0 Å². The van der Waals surface area contributed by atoms with Crippen LogP contribution in [0.5, 0.6) is 0 Å². The molecule has 0 aromatic rings. The average molecular weight is 129 g/mol. The summed E-state index contributed by atoms with van der Waals surface area (Å²) in [4.78, 5) is 0. The molecular weight excluding hydrogens is 114 g/mol. The van der Waals surface area contributed by atoms with Crippen molar-refractivity contribution in [1.82, 2.24) is 0 Å². The van der Waals surface area contributed by atoms with Gasteiger partial charge in [0.2, 0.25) is 0 Å². The number of rotatable bonds is 1. The Hall–Kier alpha value is -0.0800. The Morgan fingerprint density at radius 1 is 1.56 bits per heavy atom. The third-order valence-electron chi connectivity index (χ3n) is 2.05. The summed E-state index contributed by atoms with van der Waals surface area (Å²) in [6.45, 7) is 4.97. The molecule has 2 heteroatoms. The van der Waals surface area contributed by atoms with E-state index in [1.807, 2.05) is 0 Å². The van der Waals surface area contributed by atoms with E-state index in [-0.39, 0.29) is 0 Å². The molecule has 9 heavy (non-hydrogen) atoms. The van der Waals surface area contributed by atoms with Crippen molar-refractivity contribution in [3.8, 4) is 0 Å². The van der Waals surface area contributed by atoms with Crippen LogP contribution in [-0.4, -0.2) is 18.8 Å². The van der Waals surface area contributed by atoms with Gasteiger partial charge in [-0.1, -0.05) is 0 Å². The Balaban J connectivity index is 2.38. The highest BCUT2D eigenvalue weighted by Gasteiger charge is 2.27. The maximum atomic E-state index is 5.51. The maximum Gasteiger partial charge on any atom is 0.0591 e. The first-order valence-electron chi connectivity index (χ1n) is 3.59. The Labute approximate surface area is 56.4 Å². The second kappa shape index (κ2) is 2.67. The van der Waals surface area contributed by atoms with Crippen molar-refractivity contribution in [2.75, 3.05) is 6.54 Å². The second-order valence-electron chi connectivity index (χ2n) is 2.88. The van der Waals surface area contributed by atoms with Gasteiger partial charge >= 0.3 is 0 Å². The zero-order valence-corrected chi connectivity index (χ0v) is 6.13. The van der Waals surface area contributed by atoms with E-state index in [0.717, 1.165) is 13.0 Å². The highest BCUT2D eigenvalue weighted by atomic mass is 16.5. The van der Waals surface area contributed by atoms with Crippen LogP contribution in [0.15, 0.2) is 0 Å². The molecule has 2 nitrogen and oxygen atoms in total. The largest absolute Gasteiger partial charge is 0.375 e. The molecule has 0 saturated carbocycles.